The Bertz CT molecular complexity index is 221. The second-order valence-electron chi connectivity index (χ2n) is 3.80. The Morgan fingerprint density at radius 3 is 2.31 bits per heavy atom. The molecule has 1 aliphatic carbocycles. The van der Waals surface area contributed by atoms with Crippen LogP contribution in [0.4, 0.5) is 8.78 Å². The van der Waals surface area contributed by atoms with Gasteiger partial charge >= 0.3 is 11.9 Å². The van der Waals surface area contributed by atoms with Crippen molar-refractivity contribution in [1.29, 1.82) is 0 Å². The zero-order valence-corrected chi connectivity index (χ0v) is 7.26. The van der Waals surface area contributed by atoms with Gasteiger partial charge in [0, 0.05) is 0 Å². The molecule has 1 unspecified atom stereocenters. The van der Waals surface area contributed by atoms with Gasteiger partial charge in [0.15, 0.2) is 0 Å². The van der Waals surface area contributed by atoms with Crippen LogP contribution in [0, 0.1) is 5.92 Å². The monoisotopic (exact) mass is 194 g/mol. The highest BCUT2D eigenvalue weighted by Crippen LogP contribution is 2.42. The Morgan fingerprint density at radius 2 is 2.00 bits per heavy atom. The quantitative estimate of drug-likeness (QED) is 0.708. The largest absolute Gasteiger partial charge is 0.477 e. The average molecular weight is 194 g/mol. The number of alkyl halides is 2. The first-order valence-electron chi connectivity index (χ1n) is 4.11. The summed E-state index contributed by atoms with van der Waals surface area (Å²) in [5.74, 6) is -6.27. The second-order valence-corrected chi connectivity index (χ2v) is 3.80. The zero-order chi connectivity index (χ0) is 10.3. The average Bonchev–Trinajstić information content (AvgIpc) is 2.70. The third kappa shape index (κ3) is 1.96. The highest BCUT2D eigenvalue weighted by Gasteiger charge is 2.57. The minimum Gasteiger partial charge on any atom is -0.477 e. The van der Waals surface area contributed by atoms with Gasteiger partial charge in [0.25, 0.3) is 0 Å². The van der Waals surface area contributed by atoms with E-state index in [2.05, 4.69) is 0 Å². The molecular formula is C8H12F2O3. The maximum absolute atomic E-state index is 12.9. The van der Waals surface area contributed by atoms with Gasteiger partial charge in [-0.05, 0) is 19.3 Å². The molecule has 1 fully saturated rings. The molecule has 0 aromatic heterocycles. The number of hydrogen-bond donors (Lipinski definition) is 2. The molecule has 5 heteroatoms. The molecule has 1 atom stereocenters. The summed E-state index contributed by atoms with van der Waals surface area (Å²) >= 11 is 0. The number of carboxylic acids is 1. The van der Waals surface area contributed by atoms with Crippen LogP contribution in [-0.4, -0.2) is 27.7 Å². The van der Waals surface area contributed by atoms with E-state index in [-0.39, 0.29) is 12.3 Å². The fourth-order valence-electron chi connectivity index (χ4n) is 1.24. The first-order chi connectivity index (χ1) is 5.77. The third-order valence-corrected chi connectivity index (χ3v) is 2.33. The summed E-state index contributed by atoms with van der Waals surface area (Å²) in [4.78, 5) is 10.2. The van der Waals surface area contributed by atoms with E-state index in [0.29, 0.717) is 0 Å². The summed E-state index contributed by atoms with van der Waals surface area (Å²) in [5, 5.41) is 17.5. The van der Waals surface area contributed by atoms with Gasteiger partial charge in [-0.2, -0.15) is 8.78 Å². The van der Waals surface area contributed by atoms with Gasteiger partial charge in [-0.25, -0.2) is 4.79 Å². The first kappa shape index (κ1) is 10.4. The van der Waals surface area contributed by atoms with Crippen molar-refractivity contribution in [1.82, 2.24) is 0 Å². The topological polar surface area (TPSA) is 57.5 Å². The number of halogens is 2. The Kier molecular flexibility index (Phi) is 2.32. The highest BCUT2D eigenvalue weighted by atomic mass is 19.3. The fourth-order valence-corrected chi connectivity index (χ4v) is 1.24. The van der Waals surface area contributed by atoms with Gasteiger partial charge in [-0.3, -0.25) is 0 Å². The van der Waals surface area contributed by atoms with Gasteiger partial charge in [-0.1, -0.05) is 12.8 Å². The number of aliphatic hydroxyl groups is 1. The SMILES string of the molecule is CC(O)(CC1CC1)C(F)(F)C(=O)O. The number of hydrogen-bond acceptors (Lipinski definition) is 2. The molecule has 3 nitrogen and oxygen atoms in total. The van der Waals surface area contributed by atoms with E-state index in [1.807, 2.05) is 0 Å². The standard InChI is InChI=1S/C8H12F2O3/c1-7(13,4-5-2-3-5)8(9,10)6(11)12/h5,13H,2-4H2,1H3,(H,11,12). The van der Waals surface area contributed by atoms with Crippen LogP contribution >= 0.6 is 0 Å². The van der Waals surface area contributed by atoms with Crippen molar-refractivity contribution in [2.45, 2.75) is 37.7 Å². The number of rotatable bonds is 4. The molecule has 1 aliphatic rings. The van der Waals surface area contributed by atoms with Crippen LogP contribution in [0.2, 0.25) is 0 Å². The number of carboxylic acid groups (broad SMARTS) is 1. The van der Waals surface area contributed by atoms with Gasteiger partial charge in [-0.15, -0.1) is 0 Å². The van der Waals surface area contributed by atoms with Gasteiger partial charge in [0.2, 0.25) is 0 Å². The Morgan fingerprint density at radius 1 is 1.54 bits per heavy atom. The fraction of sp³-hybridized carbons (Fsp3) is 0.875. The number of aliphatic carboxylic acids is 1. The lowest BCUT2D eigenvalue weighted by Crippen LogP contribution is -2.51. The van der Waals surface area contributed by atoms with Crippen LogP contribution in [0.5, 0.6) is 0 Å². The lowest BCUT2D eigenvalue weighted by molar-refractivity contribution is -0.206. The summed E-state index contributed by atoms with van der Waals surface area (Å²) in [6.07, 6.45) is 1.45. The maximum atomic E-state index is 12.9. The minimum atomic E-state index is -4.06. The molecule has 0 saturated heterocycles. The molecular weight excluding hydrogens is 182 g/mol. The summed E-state index contributed by atoms with van der Waals surface area (Å²) in [5.41, 5.74) is -2.43. The molecule has 2 N–H and O–H groups in total. The molecule has 0 heterocycles. The van der Waals surface area contributed by atoms with Crippen LogP contribution in [0.1, 0.15) is 26.2 Å². The summed E-state index contributed by atoms with van der Waals surface area (Å²) in [7, 11) is 0. The zero-order valence-electron chi connectivity index (χ0n) is 7.26. The van der Waals surface area contributed by atoms with Crippen molar-refractivity contribution in [3.8, 4) is 0 Å². The first-order valence-corrected chi connectivity index (χ1v) is 4.11. The molecule has 0 aliphatic heterocycles. The van der Waals surface area contributed by atoms with E-state index in [0.717, 1.165) is 19.8 Å². The Hall–Kier alpha value is -0.710. The van der Waals surface area contributed by atoms with Gasteiger partial charge in [0.05, 0.1) is 0 Å². The molecule has 1 saturated carbocycles. The lowest BCUT2D eigenvalue weighted by Gasteiger charge is -2.29. The van der Waals surface area contributed by atoms with E-state index < -0.39 is 17.5 Å². The predicted molar refractivity (Wildman–Crippen MR) is 40.5 cm³/mol. The van der Waals surface area contributed by atoms with Gasteiger partial charge in [0.1, 0.15) is 5.60 Å². The van der Waals surface area contributed by atoms with Gasteiger partial charge < -0.3 is 10.2 Å². The smallest absolute Gasteiger partial charge is 0.377 e. The van der Waals surface area contributed by atoms with Crippen molar-refractivity contribution >= 4 is 5.97 Å². The maximum Gasteiger partial charge on any atom is 0.377 e. The van der Waals surface area contributed by atoms with E-state index in [1.54, 1.807) is 0 Å². The van der Waals surface area contributed by atoms with E-state index in [4.69, 9.17) is 5.11 Å². The van der Waals surface area contributed by atoms with Crippen LogP contribution < -0.4 is 0 Å². The van der Waals surface area contributed by atoms with Crippen molar-refractivity contribution in [3.63, 3.8) is 0 Å². The van der Waals surface area contributed by atoms with Crippen LogP contribution in [0.3, 0.4) is 0 Å². The Labute approximate surface area is 74.4 Å². The summed E-state index contributed by atoms with van der Waals surface area (Å²) in [6.45, 7) is 0.874. The second kappa shape index (κ2) is 2.90. The summed E-state index contributed by atoms with van der Waals surface area (Å²) < 4.78 is 25.7. The van der Waals surface area contributed by atoms with E-state index in [1.165, 1.54) is 0 Å². The normalized spacial score (nSPS) is 22.5. The molecule has 0 aromatic carbocycles. The predicted octanol–water partition coefficient (Wildman–Crippen LogP) is 1.26. The molecule has 76 valence electrons. The minimum absolute atomic E-state index is 0.0558. The van der Waals surface area contributed by atoms with Crippen molar-refractivity contribution in [3.05, 3.63) is 0 Å². The third-order valence-electron chi connectivity index (χ3n) is 2.33. The molecule has 0 radical (unpaired) electrons. The lowest BCUT2D eigenvalue weighted by atomic mass is 9.91. The van der Waals surface area contributed by atoms with Crippen molar-refractivity contribution in [2.24, 2.45) is 5.92 Å². The molecule has 0 aromatic rings. The Balaban J connectivity index is 2.69. The van der Waals surface area contributed by atoms with E-state index >= 15 is 0 Å². The van der Waals surface area contributed by atoms with Crippen molar-refractivity contribution in [2.75, 3.05) is 0 Å². The molecule has 0 spiro atoms. The van der Waals surface area contributed by atoms with Crippen LogP contribution in [0.15, 0.2) is 0 Å². The molecule has 13 heavy (non-hydrogen) atoms. The summed E-state index contributed by atoms with van der Waals surface area (Å²) in [6, 6.07) is 0. The molecule has 0 bridgehead atoms. The molecule has 0 amide bonds. The highest BCUT2D eigenvalue weighted by molar-refractivity contribution is 5.77. The van der Waals surface area contributed by atoms with E-state index in [9.17, 15) is 18.7 Å². The van der Waals surface area contributed by atoms with Crippen molar-refractivity contribution < 1.29 is 23.8 Å². The van der Waals surface area contributed by atoms with Crippen LogP contribution in [-0.2, 0) is 4.79 Å². The number of carbonyl (C=O) groups is 1. The van der Waals surface area contributed by atoms with Crippen LogP contribution in [0.25, 0.3) is 0 Å². The molecule has 1 rings (SSSR count).